The number of hydrogen-bond donors (Lipinski definition) is 0. The quantitative estimate of drug-likeness (QED) is 0.755. The highest BCUT2D eigenvalue weighted by Crippen LogP contribution is 2.22. The summed E-state index contributed by atoms with van der Waals surface area (Å²) in [5.74, 6) is 0. The Balaban J connectivity index is 2.70. The normalized spacial score (nSPS) is 11.9. The van der Waals surface area contributed by atoms with E-state index in [-0.39, 0.29) is 10.5 Å². The Hall–Kier alpha value is -0.930. The lowest BCUT2D eigenvalue weighted by atomic mass is 10.3. The molecule has 1 rings (SSSR count). The van der Waals surface area contributed by atoms with Crippen LogP contribution in [0, 0.1) is 0 Å². The van der Waals surface area contributed by atoms with Crippen LogP contribution in [0.2, 0.25) is 5.02 Å². The van der Waals surface area contributed by atoms with Crippen molar-refractivity contribution in [1.29, 1.82) is 0 Å². The Kier molecular flexibility index (Phi) is 4.90. The number of hydrogen-bond acceptors (Lipinski definition) is 2. The molecule has 0 aliphatic carbocycles. The average molecular weight is 256 g/mol. The van der Waals surface area contributed by atoms with Gasteiger partial charge in [-0.3, -0.25) is 4.79 Å². The Morgan fingerprint density at radius 2 is 2.06 bits per heavy atom. The van der Waals surface area contributed by atoms with Gasteiger partial charge in [0.05, 0.1) is 0 Å². The molecule has 0 aliphatic rings. The summed E-state index contributed by atoms with van der Waals surface area (Å²) < 4.78 is 0. The zero-order valence-electron chi connectivity index (χ0n) is 9.31. The zero-order chi connectivity index (χ0) is 12.1. The maximum atomic E-state index is 11.8. The molecule has 1 aromatic rings. The van der Waals surface area contributed by atoms with Crippen molar-refractivity contribution in [3.05, 3.63) is 41.9 Å². The summed E-state index contributed by atoms with van der Waals surface area (Å²) in [5, 5.41) is 0.772. The number of carbonyl (C=O) groups excluding carboxylic acids is 1. The summed E-state index contributed by atoms with van der Waals surface area (Å²) in [6.07, 6.45) is 1.75. The zero-order valence-corrected chi connectivity index (χ0v) is 10.9. The van der Waals surface area contributed by atoms with E-state index < -0.39 is 0 Å². The van der Waals surface area contributed by atoms with Crippen LogP contribution in [0.3, 0.4) is 0 Å². The summed E-state index contributed by atoms with van der Waals surface area (Å²) in [6, 6.07) is 7.17. The highest BCUT2D eigenvalue weighted by molar-refractivity contribution is 8.14. The minimum atomic E-state index is -0.00489. The first-order chi connectivity index (χ1) is 7.54. The number of carbonyl (C=O) groups is 1. The monoisotopic (exact) mass is 255 g/mol. The molecule has 0 bridgehead atoms. The Bertz CT molecular complexity index is 377. The molecule has 16 heavy (non-hydrogen) atoms. The second kappa shape index (κ2) is 5.97. The first-order valence-corrected chi connectivity index (χ1v) is 6.13. The SMILES string of the molecule is C=C[C@H](C)SC(=O)N(C)c1ccc(Cl)cc1. The average Bonchev–Trinajstić information content (AvgIpc) is 2.28. The van der Waals surface area contributed by atoms with E-state index in [1.165, 1.54) is 11.8 Å². The molecule has 1 amide bonds. The van der Waals surface area contributed by atoms with Gasteiger partial charge in [-0.15, -0.1) is 6.58 Å². The van der Waals surface area contributed by atoms with Gasteiger partial charge in [0, 0.05) is 23.0 Å². The lowest BCUT2D eigenvalue weighted by Gasteiger charge is -2.17. The van der Waals surface area contributed by atoms with Crippen LogP contribution in [-0.4, -0.2) is 17.5 Å². The lowest BCUT2D eigenvalue weighted by molar-refractivity contribution is 0.266. The molecule has 0 aromatic heterocycles. The van der Waals surface area contributed by atoms with Crippen molar-refractivity contribution in [2.24, 2.45) is 0 Å². The first kappa shape index (κ1) is 13.1. The van der Waals surface area contributed by atoms with Gasteiger partial charge in [0.25, 0.3) is 5.24 Å². The molecule has 0 fully saturated rings. The van der Waals surface area contributed by atoms with Crippen LogP contribution in [0.1, 0.15) is 6.92 Å². The molecule has 0 aliphatic heterocycles. The number of anilines is 1. The number of nitrogens with zero attached hydrogens (tertiary/aromatic N) is 1. The van der Waals surface area contributed by atoms with Gasteiger partial charge in [-0.25, -0.2) is 0 Å². The number of rotatable bonds is 3. The Labute approximate surface area is 105 Å². The molecule has 0 unspecified atom stereocenters. The predicted molar refractivity (Wildman–Crippen MR) is 72.5 cm³/mol. The minimum Gasteiger partial charge on any atom is -0.306 e. The maximum absolute atomic E-state index is 11.8. The van der Waals surface area contributed by atoms with E-state index in [1.54, 1.807) is 30.2 Å². The van der Waals surface area contributed by atoms with E-state index in [2.05, 4.69) is 6.58 Å². The highest BCUT2D eigenvalue weighted by atomic mass is 35.5. The van der Waals surface area contributed by atoms with Gasteiger partial charge in [0.15, 0.2) is 0 Å². The smallest absolute Gasteiger partial charge is 0.286 e. The Morgan fingerprint density at radius 1 is 1.50 bits per heavy atom. The number of benzene rings is 1. The molecule has 0 heterocycles. The van der Waals surface area contributed by atoms with Crippen molar-refractivity contribution >= 4 is 34.3 Å². The Morgan fingerprint density at radius 3 is 2.56 bits per heavy atom. The summed E-state index contributed by atoms with van der Waals surface area (Å²) in [6.45, 7) is 5.58. The molecular formula is C12H14ClNOS. The van der Waals surface area contributed by atoms with Gasteiger partial charge in [0.2, 0.25) is 0 Å². The van der Waals surface area contributed by atoms with Crippen molar-refractivity contribution in [3.8, 4) is 0 Å². The summed E-state index contributed by atoms with van der Waals surface area (Å²) in [4.78, 5) is 13.4. The molecule has 0 radical (unpaired) electrons. The van der Waals surface area contributed by atoms with E-state index in [1.807, 2.05) is 19.1 Å². The van der Waals surface area contributed by atoms with E-state index >= 15 is 0 Å². The summed E-state index contributed by atoms with van der Waals surface area (Å²) in [7, 11) is 1.74. The molecule has 0 saturated carbocycles. The molecule has 0 N–H and O–H groups in total. The van der Waals surface area contributed by atoms with Gasteiger partial charge in [0.1, 0.15) is 0 Å². The molecular weight excluding hydrogens is 242 g/mol. The van der Waals surface area contributed by atoms with E-state index in [4.69, 9.17) is 11.6 Å². The van der Waals surface area contributed by atoms with Crippen LogP contribution in [0.5, 0.6) is 0 Å². The van der Waals surface area contributed by atoms with Gasteiger partial charge < -0.3 is 4.90 Å². The number of amides is 1. The molecule has 2 nitrogen and oxygen atoms in total. The molecule has 4 heteroatoms. The van der Waals surface area contributed by atoms with E-state index in [0.29, 0.717) is 5.02 Å². The van der Waals surface area contributed by atoms with E-state index in [0.717, 1.165) is 5.69 Å². The van der Waals surface area contributed by atoms with Gasteiger partial charge in [-0.05, 0) is 31.2 Å². The molecule has 86 valence electrons. The highest BCUT2D eigenvalue weighted by Gasteiger charge is 2.13. The first-order valence-electron chi connectivity index (χ1n) is 4.87. The third-order valence-electron chi connectivity index (χ3n) is 2.11. The molecule has 0 spiro atoms. The second-order valence-electron chi connectivity index (χ2n) is 3.36. The fourth-order valence-corrected chi connectivity index (χ4v) is 1.86. The van der Waals surface area contributed by atoms with Crippen molar-refractivity contribution < 1.29 is 4.79 Å². The lowest BCUT2D eigenvalue weighted by Crippen LogP contribution is -2.23. The van der Waals surface area contributed by atoms with Crippen LogP contribution >= 0.6 is 23.4 Å². The molecule has 1 atom stereocenters. The standard InChI is InChI=1S/C12H14ClNOS/c1-4-9(2)16-12(15)14(3)11-7-5-10(13)6-8-11/h4-9H,1H2,2-3H3/t9-/m0/s1. The largest absolute Gasteiger partial charge is 0.306 e. The second-order valence-corrected chi connectivity index (χ2v) is 5.12. The fraction of sp³-hybridized carbons (Fsp3) is 0.250. The minimum absolute atomic E-state index is 0.00489. The third-order valence-corrected chi connectivity index (χ3v) is 3.40. The van der Waals surface area contributed by atoms with Crippen molar-refractivity contribution in [2.75, 3.05) is 11.9 Å². The predicted octanol–water partition coefficient (Wildman–Crippen LogP) is 4.20. The molecule has 1 aromatic carbocycles. The maximum Gasteiger partial charge on any atom is 0.286 e. The topological polar surface area (TPSA) is 20.3 Å². The number of thioether (sulfide) groups is 1. The summed E-state index contributed by atoms with van der Waals surface area (Å²) in [5.41, 5.74) is 0.832. The van der Waals surface area contributed by atoms with Crippen molar-refractivity contribution in [2.45, 2.75) is 12.2 Å². The fourth-order valence-electron chi connectivity index (χ4n) is 1.06. The van der Waals surface area contributed by atoms with Crippen LogP contribution in [0.15, 0.2) is 36.9 Å². The van der Waals surface area contributed by atoms with Gasteiger partial charge >= 0.3 is 0 Å². The van der Waals surface area contributed by atoms with Crippen LogP contribution < -0.4 is 4.90 Å². The van der Waals surface area contributed by atoms with Crippen LogP contribution in [-0.2, 0) is 0 Å². The number of halogens is 1. The van der Waals surface area contributed by atoms with Crippen molar-refractivity contribution in [3.63, 3.8) is 0 Å². The van der Waals surface area contributed by atoms with Crippen molar-refractivity contribution in [1.82, 2.24) is 0 Å². The van der Waals surface area contributed by atoms with E-state index in [9.17, 15) is 4.79 Å². The summed E-state index contributed by atoms with van der Waals surface area (Å²) >= 11 is 7.02. The molecule has 0 saturated heterocycles. The third kappa shape index (κ3) is 3.58. The van der Waals surface area contributed by atoms with Gasteiger partial charge in [-0.2, -0.15) is 0 Å². The van der Waals surface area contributed by atoms with Crippen LogP contribution in [0.25, 0.3) is 0 Å². The van der Waals surface area contributed by atoms with Crippen LogP contribution in [0.4, 0.5) is 10.5 Å². The van der Waals surface area contributed by atoms with Gasteiger partial charge in [-0.1, -0.05) is 29.4 Å².